The zero-order valence-electron chi connectivity index (χ0n) is 11.3. The lowest BCUT2D eigenvalue weighted by Gasteiger charge is -2.07. The molecule has 3 N–H and O–H groups in total. The second-order valence-corrected chi connectivity index (χ2v) is 4.01. The van der Waals surface area contributed by atoms with E-state index in [1.165, 1.54) is 0 Å². The number of methoxy groups -OCH3 is 1. The first-order chi connectivity index (χ1) is 9.33. The number of pyridine rings is 1. The van der Waals surface area contributed by atoms with E-state index in [-0.39, 0.29) is 5.91 Å². The van der Waals surface area contributed by atoms with Crippen molar-refractivity contribution in [2.45, 2.75) is 6.42 Å². The van der Waals surface area contributed by atoms with Crippen LogP contribution in [-0.4, -0.2) is 50.8 Å². The quantitative estimate of drug-likeness (QED) is 0.529. The van der Waals surface area contributed by atoms with Gasteiger partial charge in [0.1, 0.15) is 5.82 Å². The number of carbonyl (C=O) groups excluding carboxylic acids is 1. The van der Waals surface area contributed by atoms with Gasteiger partial charge in [-0.1, -0.05) is 6.07 Å². The van der Waals surface area contributed by atoms with E-state index in [0.717, 1.165) is 18.8 Å². The minimum Gasteiger partial charge on any atom is -0.383 e. The van der Waals surface area contributed by atoms with E-state index >= 15 is 0 Å². The lowest BCUT2D eigenvalue weighted by Crippen LogP contribution is -2.36. The maximum absolute atomic E-state index is 11.4. The van der Waals surface area contributed by atoms with Crippen molar-refractivity contribution in [2.24, 2.45) is 0 Å². The molecule has 0 unspecified atom stereocenters. The van der Waals surface area contributed by atoms with Crippen molar-refractivity contribution in [1.82, 2.24) is 15.6 Å². The van der Waals surface area contributed by atoms with Crippen LogP contribution in [0.3, 0.4) is 0 Å². The predicted molar refractivity (Wildman–Crippen MR) is 75.1 cm³/mol. The molecule has 0 atom stereocenters. The average Bonchev–Trinajstić information content (AvgIpc) is 2.44. The van der Waals surface area contributed by atoms with Crippen LogP contribution in [0.4, 0.5) is 5.82 Å². The lowest BCUT2D eigenvalue weighted by molar-refractivity contribution is -0.120. The van der Waals surface area contributed by atoms with Gasteiger partial charge < -0.3 is 20.7 Å². The van der Waals surface area contributed by atoms with E-state index in [4.69, 9.17) is 4.74 Å². The number of rotatable bonds is 10. The third-order valence-electron chi connectivity index (χ3n) is 2.42. The number of ether oxygens (including phenoxy) is 1. The molecular weight excluding hydrogens is 244 g/mol. The van der Waals surface area contributed by atoms with Crippen LogP contribution in [0.25, 0.3) is 0 Å². The van der Waals surface area contributed by atoms with E-state index in [1.807, 2.05) is 18.2 Å². The van der Waals surface area contributed by atoms with Gasteiger partial charge in [0.05, 0.1) is 13.2 Å². The summed E-state index contributed by atoms with van der Waals surface area (Å²) < 4.78 is 4.87. The standard InChI is InChI=1S/C13H22N4O2/c1-19-10-9-14-11-13(18)17-8-4-7-16-12-5-2-3-6-15-12/h2-3,5-6,14H,4,7-11H2,1H3,(H,15,16)(H,17,18). The highest BCUT2D eigenvalue weighted by molar-refractivity contribution is 5.77. The van der Waals surface area contributed by atoms with Gasteiger partial charge in [-0.2, -0.15) is 0 Å². The van der Waals surface area contributed by atoms with Crippen molar-refractivity contribution in [3.63, 3.8) is 0 Å². The summed E-state index contributed by atoms with van der Waals surface area (Å²) in [6, 6.07) is 5.73. The van der Waals surface area contributed by atoms with Gasteiger partial charge in [0.25, 0.3) is 0 Å². The molecule has 1 aromatic heterocycles. The van der Waals surface area contributed by atoms with E-state index < -0.39 is 0 Å². The topological polar surface area (TPSA) is 75.3 Å². The molecule has 0 aliphatic rings. The van der Waals surface area contributed by atoms with Crippen molar-refractivity contribution in [3.8, 4) is 0 Å². The number of hydrogen-bond acceptors (Lipinski definition) is 5. The summed E-state index contributed by atoms with van der Waals surface area (Å²) in [5, 5.41) is 9.02. The summed E-state index contributed by atoms with van der Waals surface area (Å²) >= 11 is 0. The van der Waals surface area contributed by atoms with Gasteiger partial charge in [0.15, 0.2) is 0 Å². The zero-order valence-corrected chi connectivity index (χ0v) is 11.3. The molecule has 1 aromatic rings. The summed E-state index contributed by atoms with van der Waals surface area (Å²) in [4.78, 5) is 15.5. The summed E-state index contributed by atoms with van der Waals surface area (Å²) in [6.45, 7) is 3.07. The molecule has 1 heterocycles. The maximum Gasteiger partial charge on any atom is 0.233 e. The Balaban J connectivity index is 1.94. The van der Waals surface area contributed by atoms with Crippen LogP contribution < -0.4 is 16.0 Å². The smallest absolute Gasteiger partial charge is 0.233 e. The van der Waals surface area contributed by atoms with E-state index in [0.29, 0.717) is 26.2 Å². The molecule has 0 fully saturated rings. The van der Waals surface area contributed by atoms with Gasteiger partial charge >= 0.3 is 0 Å². The molecule has 19 heavy (non-hydrogen) atoms. The van der Waals surface area contributed by atoms with Crippen LogP contribution in [0.2, 0.25) is 0 Å². The fourth-order valence-electron chi connectivity index (χ4n) is 1.44. The Bertz CT molecular complexity index is 346. The summed E-state index contributed by atoms with van der Waals surface area (Å²) in [6.07, 6.45) is 2.61. The van der Waals surface area contributed by atoms with Crippen LogP contribution in [-0.2, 0) is 9.53 Å². The molecule has 1 rings (SSSR count). The third kappa shape index (κ3) is 8.12. The van der Waals surface area contributed by atoms with Gasteiger partial charge in [-0.15, -0.1) is 0 Å². The number of aromatic nitrogens is 1. The average molecular weight is 266 g/mol. The first-order valence-electron chi connectivity index (χ1n) is 6.44. The van der Waals surface area contributed by atoms with Crippen molar-refractivity contribution in [2.75, 3.05) is 45.2 Å². The molecular formula is C13H22N4O2. The molecule has 1 amide bonds. The number of carbonyl (C=O) groups is 1. The van der Waals surface area contributed by atoms with Crippen LogP contribution >= 0.6 is 0 Å². The molecule has 0 aliphatic heterocycles. The Labute approximate surface area is 113 Å². The Morgan fingerprint density at radius 3 is 2.95 bits per heavy atom. The van der Waals surface area contributed by atoms with Gasteiger partial charge in [0.2, 0.25) is 5.91 Å². The molecule has 0 aliphatic carbocycles. The molecule has 0 saturated carbocycles. The highest BCUT2D eigenvalue weighted by atomic mass is 16.5. The monoisotopic (exact) mass is 266 g/mol. The predicted octanol–water partition coefficient (Wildman–Crippen LogP) is 0.236. The number of hydrogen-bond donors (Lipinski definition) is 3. The molecule has 0 bridgehead atoms. The first kappa shape index (κ1) is 15.4. The summed E-state index contributed by atoms with van der Waals surface area (Å²) in [5.74, 6) is 0.865. The van der Waals surface area contributed by atoms with E-state index in [9.17, 15) is 4.79 Å². The second kappa shape index (κ2) is 10.3. The highest BCUT2D eigenvalue weighted by Crippen LogP contribution is 1.98. The fourth-order valence-corrected chi connectivity index (χ4v) is 1.44. The van der Waals surface area contributed by atoms with E-state index in [2.05, 4.69) is 20.9 Å². The van der Waals surface area contributed by atoms with Crippen LogP contribution in [0.1, 0.15) is 6.42 Å². The Morgan fingerprint density at radius 1 is 1.32 bits per heavy atom. The van der Waals surface area contributed by atoms with Crippen molar-refractivity contribution < 1.29 is 9.53 Å². The molecule has 6 heteroatoms. The van der Waals surface area contributed by atoms with Crippen molar-refractivity contribution in [3.05, 3.63) is 24.4 Å². The molecule has 0 spiro atoms. The van der Waals surface area contributed by atoms with Gasteiger partial charge in [-0.05, 0) is 18.6 Å². The van der Waals surface area contributed by atoms with Crippen LogP contribution in [0, 0.1) is 0 Å². The highest BCUT2D eigenvalue weighted by Gasteiger charge is 1.99. The molecule has 106 valence electrons. The minimum atomic E-state index is 0.00828. The molecule has 6 nitrogen and oxygen atoms in total. The summed E-state index contributed by atoms with van der Waals surface area (Å²) in [5.41, 5.74) is 0. The lowest BCUT2D eigenvalue weighted by atomic mass is 10.4. The largest absolute Gasteiger partial charge is 0.383 e. The van der Waals surface area contributed by atoms with Crippen molar-refractivity contribution >= 4 is 11.7 Å². The van der Waals surface area contributed by atoms with Crippen LogP contribution in [0.5, 0.6) is 0 Å². The minimum absolute atomic E-state index is 0.00828. The number of anilines is 1. The normalized spacial score (nSPS) is 10.2. The zero-order chi connectivity index (χ0) is 13.8. The van der Waals surface area contributed by atoms with Gasteiger partial charge in [0, 0.05) is 32.9 Å². The van der Waals surface area contributed by atoms with E-state index in [1.54, 1.807) is 13.3 Å². The SMILES string of the molecule is COCCNCC(=O)NCCCNc1ccccn1. The molecule has 0 aromatic carbocycles. The Morgan fingerprint density at radius 2 is 2.21 bits per heavy atom. The van der Waals surface area contributed by atoms with Gasteiger partial charge in [-0.3, -0.25) is 4.79 Å². The maximum atomic E-state index is 11.4. The van der Waals surface area contributed by atoms with Crippen molar-refractivity contribution in [1.29, 1.82) is 0 Å². The Kier molecular flexibility index (Phi) is 8.33. The third-order valence-corrected chi connectivity index (χ3v) is 2.42. The molecule has 0 saturated heterocycles. The second-order valence-electron chi connectivity index (χ2n) is 4.01. The number of nitrogens with zero attached hydrogens (tertiary/aromatic N) is 1. The number of amides is 1. The first-order valence-corrected chi connectivity index (χ1v) is 6.44. The molecule has 0 radical (unpaired) electrons. The fraction of sp³-hybridized carbons (Fsp3) is 0.538. The summed E-state index contributed by atoms with van der Waals surface area (Å²) in [7, 11) is 1.64. The van der Waals surface area contributed by atoms with Crippen LogP contribution in [0.15, 0.2) is 24.4 Å². The van der Waals surface area contributed by atoms with Gasteiger partial charge in [-0.25, -0.2) is 4.98 Å². The Hall–Kier alpha value is -1.66. The number of nitrogens with one attached hydrogen (secondary N) is 3.